The highest BCUT2D eigenvalue weighted by atomic mass is 16.4. The van der Waals surface area contributed by atoms with Gasteiger partial charge in [0.05, 0.1) is 0 Å². The lowest BCUT2D eigenvalue weighted by Crippen LogP contribution is -2.38. The number of benzene rings is 1. The zero-order valence-electron chi connectivity index (χ0n) is 12.5. The standard InChI is InChI=1S/C17H23NO2/c1-12-8-13(2)11-18(10-12)16-6-4-15(14(3)9-16)5-7-17(19)20/h4-7,9,12-13H,8,10-11H2,1-3H3,(H,19,20). The van der Waals surface area contributed by atoms with Gasteiger partial charge in [0.1, 0.15) is 0 Å². The Balaban J connectivity index is 2.18. The number of aryl methyl sites for hydroxylation is 1. The van der Waals surface area contributed by atoms with E-state index in [4.69, 9.17) is 5.11 Å². The summed E-state index contributed by atoms with van der Waals surface area (Å²) in [5.41, 5.74) is 3.33. The van der Waals surface area contributed by atoms with Crippen LogP contribution in [0.1, 0.15) is 31.4 Å². The fourth-order valence-corrected chi connectivity index (χ4v) is 3.08. The fourth-order valence-electron chi connectivity index (χ4n) is 3.08. The molecular formula is C17H23NO2. The predicted molar refractivity (Wildman–Crippen MR) is 83.0 cm³/mol. The molecule has 1 fully saturated rings. The van der Waals surface area contributed by atoms with Crippen LogP contribution >= 0.6 is 0 Å². The maximum absolute atomic E-state index is 10.6. The number of carboxylic acids is 1. The zero-order valence-corrected chi connectivity index (χ0v) is 12.5. The highest BCUT2D eigenvalue weighted by Crippen LogP contribution is 2.27. The smallest absolute Gasteiger partial charge is 0.328 e. The quantitative estimate of drug-likeness (QED) is 0.856. The van der Waals surface area contributed by atoms with Crippen molar-refractivity contribution in [1.29, 1.82) is 0 Å². The Morgan fingerprint density at radius 3 is 2.50 bits per heavy atom. The van der Waals surface area contributed by atoms with E-state index in [0.717, 1.165) is 36.1 Å². The number of nitrogens with zero attached hydrogens (tertiary/aromatic N) is 1. The molecule has 2 unspecified atom stereocenters. The summed E-state index contributed by atoms with van der Waals surface area (Å²) < 4.78 is 0. The minimum atomic E-state index is -0.910. The number of carboxylic acid groups (broad SMARTS) is 1. The number of rotatable bonds is 3. The molecule has 1 N–H and O–H groups in total. The Bertz CT molecular complexity index is 512. The number of aliphatic carboxylic acids is 1. The first-order valence-electron chi connectivity index (χ1n) is 7.22. The first kappa shape index (κ1) is 14.6. The molecule has 2 atom stereocenters. The lowest BCUT2D eigenvalue weighted by atomic mass is 9.91. The molecule has 0 aliphatic carbocycles. The molecule has 0 saturated carbocycles. The molecule has 0 spiro atoms. The molecule has 20 heavy (non-hydrogen) atoms. The van der Waals surface area contributed by atoms with Gasteiger partial charge in [0, 0.05) is 24.9 Å². The van der Waals surface area contributed by atoms with Crippen molar-refractivity contribution in [2.75, 3.05) is 18.0 Å². The molecule has 3 heteroatoms. The van der Waals surface area contributed by atoms with Crippen molar-refractivity contribution in [3.05, 3.63) is 35.4 Å². The third-order valence-corrected chi connectivity index (χ3v) is 3.89. The Morgan fingerprint density at radius 1 is 1.30 bits per heavy atom. The number of hydrogen-bond acceptors (Lipinski definition) is 2. The maximum Gasteiger partial charge on any atom is 0.328 e. The lowest BCUT2D eigenvalue weighted by molar-refractivity contribution is -0.131. The van der Waals surface area contributed by atoms with Crippen LogP contribution in [0.25, 0.3) is 6.08 Å². The second kappa shape index (κ2) is 6.12. The minimum absolute atomic E-state index is 0.727. The predicted octanol–water partition coefficient (Wildman–Crippen LogP) is 3.58. The molecule has 0 bridgehead atoms. The zero-order chi connectivity index (χ0) is 14.7. The van der Waals surface area contributed by atoms with E-state index in [0.29, 0.717) is 0 Å². The second-order valence-electron chi connectivity index (χ2n) is 6.06. The topological polar surface area (TPSA) is 40.5 Å². The summed E-state index contributed by atoms with van der Waals surface area (Å²) in [6.07, 6.45) is 4.14. The Kier molecular flexibility index (Phi) is 4.48. The molecule has 1 aromatic rings. The first-order valence-corrected chi connectivity index (χ1v) is 7.22. The van der Waals surface area contributed by atoms with E-state index in [1.807, 2.05) is 13.0 Å². The van der Waals surface area contributed by atoms with E-state index < -0.39 is 5.97 Å². The van der Waals surface area contributed by atoms with Gasteiger partial charge in [-0.2, -0.15) is 0 Å². The van der Waals surface area contributed by atoms with Crippen molar-refractivity contribution in [1.82, 2.24) is 0 Å². The van der Waals surface area contributed by atoms with Gasteiger partial charge in [-0.15, -0.1) is 0 Å². The SMILES string of the molecule is Cc1cc(N2CC(C)CC(C)C2)ccc1C=CC(=O)O. The van der Waals surface area contributed by atoms with Crippen LogP contribution in [-0.2, 0) is 4.79 Å². The average molecular weight is 273 g/mol. The third kappa shape index (κ3) is 3.62. The van der Waals surface area contributed by atoms with E-state index in [1.165, 1.54) is 18.2 Å². The number of anilines is 1. The fraction of sp³-hybridized carbons (Fsp3) is 0.471. The number of piperidine rings is 1. The monoisotopic (exact) mass is 273 g/mol. The summed E-state index contributed by atoms with van der Waals surface area (Å²) >= 11 is 0. The van der Waals surface area contributed by atoms with E-state index in [9.17, 15) is 4.79 Å². The molecule has 0 amide bonds. The van der Waals surface area contributed by atoms with E-state index >= 15 is 0 Å². The lowest BCUT2D eigenvalue weighted by Gasteiger charge is -2.36. The molecular weight excluding hydrogens is 250 g/mol. The molecule has 1 heterocycles. The molecule has 2 rings (SSSR count). The van der Waals surface area contributed by atoms with Crippen LogP contribution in [0, 0.1) is 18.8 Å². The largest absolute Gasteiger partial charge is 0.478 e. The summed E-state index contributed by atoms with van der Waals surface area (Å²) in [6, 6.07) is 6.26. The van der Waals surface area contributed by atoms with E-state index in [2.05, 4.69) is 30.9 Å². The number of hydrogen-bond donors (Lipinski definition) is 1. The van der Waals surface area contributed by atoms with Gasteiger partial charge in [-0.3, -0.25) is 0 Å². The van der Waals surface area contributed by atoms with Gasteiger partial charge < -0.3 is 10.0 Å². The van der Waals surface area contributed by atoms with Gasteiger partial charge in [-0.1, -0.05) is 19.9 Å². The molecule has 1 aromatic carbocycles. The average Bonchev–Trinajstić information content (AvgIpc) is 2.35. The highest BCUT2D eigenvalue weighted by molar-refractivity contribution is 5.85. The van der Waals surface area contributed by atoms with Gasteiger partial charge in [0.25, 0.3) is 0 Å². The van der Waals surface area contributed by atoms with Crippen molar-refractivity contribution in [2.45, 2.75) is 27.2 Å². The van der Waals surface area contributed by atoms with Gasteiger partial charge in [0.2, 0.25) is 0 Å². The highest BCUT2D eigenvalue weighted by Gasteiger charge is 2.22. The van der Waals surface area contributed by atoms with Crippen LogP contribution in [-0.4, -0.2) is 24.2 Å². The number of carbonyl (C=O) groups is 1. The van der Waals surface area contributed by atoms with Gasteiger partial charge in [0.15, 0.2) is 0 Å². The van der Waals surface area contributed by atoms with Crippen LogP contribution in [0.3, 0.4) is 0 Å². The van der Waals surface area contributed by atoms with Gasteiger partial charge in [-0.05, 0) is 54.5 Å². The van der Waals surface area contributed by atoms with Crippen molar-refractivity contribution in [3.8, 4) is 0 Å². The molecule has 0 radical (unpaired) electrons. The van der Waals surface area contributed by atoms with E-state index in [-0.39, 0.29) is 0 Å². The minimum Gasteiger partial charge on any atom is -0.478 e. The van der Waals surface area contributed by atoms with Gasteiger partial charge >= 0.3 is 5.97 Å². The van der Waals surface area contributed by atoms with E-state index in [1.54, 1.807) is 6.08 Å². The first-order chi connectivity index (χ1) is 9.45. The molecule has 1 aliphatic rings. The summed E-state index contributed by atoms with van der Waals surface area (Å²) in [5.74, 6) is 0.545. The van der Waals surface area contributed by atoms with Crippen LogP contribution in [0.2, 0.25) is 0 Å². The van der Waals surface area contributed by atoms with Crippen molar-refractivity contribution in [3.63, 3.8) is 0 Å². The normalized spacial score (nSPS) is 23.2. The molecule has 108 valence electrons. The molecule has 1 aliphatic heterocycles. The Morgan fingerprint density at radius 2 is 1.95 bits per heavy atom. The van der Waals surface area contributed by atoms with Crippen molar-refractivity contribution >= 4 is 17.7 Å². The summed E-state index contributed by atoms with van der Waals surface area (Å²) in [5, 5.41) is 8.69. The summed E-state index contributed by atoms with van der Waals surface area (Å²) in [7, 11) is 0. The van der Waals surface area contributed by atoms with Crippen molar-refractivity contribution in [2.24, 2.45) is 11.8 Å². The molecule has 1 saturated heterocycles. The Labute approximate surface area is 120 Å². The summed E-state index contributed by atoms with van der Waals surface area (Å²) in [4.78, 5) is 13.0. The van der Waals surface area contributed by atoms with Crippen LogP contribution in [0.4, 0.5) is 5.69 Å². The van der Waals surface area contributed by atoms with Crippen molar-refractivity contribution < 1.29 is 9.90 Å². The third-order valence-electron chi connectivity index (χ3n) is 3.89. The molecule has 3 nitrogen and oxygen atoms in total. The van der Waals surface area contributed by atoms with Crippen LogP contribution < -0.4 is 4.90 Å². The van der Waals surface area contributed by atoms with Gasteiger partial charge in [-0.25, -0.2) is 4.79 Å². The maximum atomic E-state index is 10.6. The Hall–Kier alpha value is -1.77. The van der Waals surface area contributed by atoms with Crippen LogP contribution in [0.5, 0.6) is 0 Å². The summed E-state index contributed by atoms with van der Waals surface area (Å²) in [6.45, 7) is 8.85. The second-order valence-corrected chi connectivity index (χ2v) is 6.06. The van der Waals surface area contributed by atoms with Crippen LogP contribution in [0.15, 0.2) is 24.3 Å². The molecule has 0 aromatic heterocycles.